The van der Waals surface area contributed by atoms with Gasteiger partial charge in [-0.1, -0.05) is 19.9 Å². The zero-order valence-electron chi connectivity index (χ0n) is 8.05. The van der Waals surface area contributed by atoms with E-state index in [1.807, 2.05) is 13.0 Å². The van der Waals surface area contributed by atoms with Gasteiger partial charge in [-0.05, 0) is 36.7 Å². The second-order valence-corrected chi connectivity index (χ2v) is 4.69. The topological polar surface area (TPSA) is 17.1 Å². The van der Waals surface area contributed by atoms with Gasteiger partial charge in [0.25, 0.3) is 0 Å². The van der Waals surface area contributed by atoms with E-state index in [0.29, 0.717) is 17.1 Å². The molecule has 0 spiro atoms. The second-order valence-electron chi connectivity index (χ2n) is 4.69. The second kappa shape index (κ2) is 2.21. The van der Waals surface area contributed by atoms with Gasteiger partial charge in [0, 0.05) is 5.92 Å². The Labute approximate surface area is 73.8 Å². The third kappa shape index (κ3) is 0.769. The van der Waals surface area contributed by atoms with Crippen molar-refractivity contribution in [3.63, 3.8) is 0 Å². The van der Waals surface area contributed by atoms with Crippen LogP contribution in [-0.2, 0) is 4.79 Å². The summed E-state index contributed by atoms with van der Waals surface area (Å²) >= 11 is 0. The molecule has 12 heavy (non-hydrogen) atoms. The fourth-order valence-corrected chi connectivity index (χ4v) is 2.66. The van der Waals surface area contributed by atoms with Crippen LogP contribution in [0.5, 0.6) is 0 Å². The van der Waals surface area contributed by atoms with Crippen molar-refractivity contribution < 1.29 is 4.79 Å². The van der Waals surface area contributed by atoms with E-state index in [9.17, 15) is 4.79 Å². The van der Waals surface area contributed by atoms with E-state index in [1.54, 1.807) is 0 Å². The Bertz CT molecular complexity index is 260. The first kappa shape index (κ1) is 8.03. The third-order valence-corrected chi connectivity index (χ3v) is 3.92. The predicted molar refractivity (Wildman–Crippen MR) is 48.8 cm³/mol. The molecular weight excluding hydrogens is 148 g/mol. The zero-order valence-corrected chi connectivity index (χ0v) is 8.05. The van der Waals surface area contributed by atoms with Gasteiger partial charge >= 0.3 is 0 Å². The Morgan fingerprint density at radius 3 is 2.58 bits per heavy atom. The molecule has 66 valence electrons. The van der Waals surface area contributed by atoms with Gasteiger partial charge in [-0.2, -0.15) is 0 Å². The summed E-state index contributed by atoms with van der Waals surface area (Å²) in [5.41, 5.74) is 1.37. The van der Waals surface area contributed by atoms with Gasteiger partial charge in [-0.15, -0.1) is 0 Å². The molecule has 2 unspecified atom stereocenters. The largest absolute Gasteiger partial charge is 0.294 e. The van der Waals surface area contributed by atoms with Crippen LogP contribution in [0.1, 0.15) is 33.6 Å². The maximum Gasteiger partial charge on any atom is 0.162 e. The molecule has 0 aromatic rings. The number of carbonyl (C=O) groups excluding carboxylic acids is 1. The molecule has 3 saturated carbocycles. The third-order valence-electron chi connectivity index (χ3n) is 3.92. The van der Waals surface area contributed by atoms with Gasteiger partial charge in [-0.25, -0.2) is 0 Å². The van der Waals surface area contributed by atoms with E-state index in [4.69, 9.17) is 0 Å². The number of fused-ring (bicyclic) bond motifs is 2. The summed E-state index contributed by atoms with van der Waals surface area (Å²) in [4.78, 5) is 11.7. The van der Waals surface area contributed by atoms with Crippen LogP contribution in [0, 0.1) is 17.3 Å². The molecule has 0 aliphatic heterocycles. The molecule has 3 rings (SSSR count). The van der Waals surface area contributed by atoms with Crippen molar-refractivity contribution in [2.24, 2.45) is 17.3 Å². The molecule has 0 aromatic heterocycles. The van der Waals surface area contributed by atoms with Crippen molar-refractivity contribution in [3.8, 4) is 0 Å². The Balaban J connectivity index is 2.28. The maximum atomic E-state index is 11.7. The molecule has 0 heterocycles. The van der Waals surface area contributed by atoms with Crippen molar-refractivity contribution >= 4 is 5.78 Å². The molecule has 0 radical (unpaired) electrons. The van der Waals surface area contributed by atoms with E-state index in [0.717, 1.165) is 24.3 Å². The lowest BCUT2D eigenvalue weighted by Gasteiger charge is -2.55. The van der Waals surface area contributed by atoms with Gasteiger partial charge in [0.2, 0.25) is 0 Å². The zero-order chi connectivity index (χ0) is 8.93. The van der Waals surface area contributed by atoms with Crippen LogP contribution in [0.15, 0.2) is 11.6 Å². The van der Waals surface area contributed by atoms with Crippen molar-refractivity contribution in [2.45, 2.75) is 33.6 Å². The molecule has 0 N–H and O–H groups in total. The first-order valence-electron chi connectivity index (χ1n) is 4.76. The summed E-state index contributed by atoms with van der Waals surface area (Å²) < 4.78 is 0. The molecule has 2 atom stereocenters. The normalized spacial score (nSPS) is 41.2. The average molecular weight is 164 g/mol. The molecular formula is C11H16O. The van der Waals surface area contributed by atoms with Crippen LogP contribution < -0.4 is 0 Å². The number of ketones is 1. The van der Waals surface area contributed by atoms with E-state index in [1.165, 1.54) is 0 Å². The van der Waals surface area contributed by atoms with Gasteiger partial charge in [0.1, 0.15) is 0 Å². The summed E-state index contributed by atoms with van der Waals surface area (Å²) in [5.74, 6) is 1.53. The van der Waals surface area contributed by atoms with Crippen molar-refractivity contribution in [1.82, 2.24) is 0 Å². The Morgan fingerprint density at radius 2 is 2.17 bits per heavy atom. The Kier molecular flexibility index (Phi) is 1.48. The standard InChI is InChI=1S/C11H16O/c1-4-7-5-8-6-9(10(7)12)11(8,2)3/h4,8-9H,5-6H2,1-3H3/b7-4-. The molecule has 0 saturated heterocycles. The number of Topliss-reactive ketones (excluding diaryl/α,β-unsaturated/α-hetero) is 1. The van der Waals surface area contributed by atoms with Crippen LogP contribution >= 0.6 is 0 Å². The van der Waals surface area contributed by atoms with Gasteiger partial charge < -0.3 is 0 Å². The highest BCUT2D eigenvalue weighted by atomic mass is 16.1. The summed E-state index contributed by atoms with van der Waals surface area (Å²) in [5, 5.41) is 0. The van der Waals surface area contributed by atoms with Crippen molar-refractivity contribution in [3.05, 3.63) is 11.6 Å². The highest BCUT2D eigenvalue weighted by Crippen LogP contribution is 2.58. The summed E-state index contributed by atoms with van der Waals surface area (Å²) in [6.07, 6.45) is 4.17. The Morgan fingerprint density at radius 1 is 1.50 bits per heavy atom. The lowest BCUT2D eigenvalue weighted by Crippen LogP contribution is -2.53. The molecule has 0 amide bonds. The highest BCUT2D eigenvalue weighted by molar-refractivity contribution is 5.99. The minimum atomic E-state index is 0.295. The minimum absolute atomic E-state index is 0.295. The summed E-state index contributed by atoms with van der Waals surface area (Å²) in [7, 11) is 0. The lowest BCUT2D eigenvalue weighted by molar-refractivity contribution is -0.140. The molecule has 3 fully saturated rings. The smallest absolute Gasteiger partial charge is 0.162 e. The van der Waals surface area contributed by atoms with Gasteiger partial charge in [0.05, 0.1) is 0 Å². The van der Waals surface area contributed by atoms with E-state index in [-0.39, 0.29) is 0 Å². The average Bonchev–Trinajstić information content (AvgIpc) is 2.03. The molecule has 2 bridgehead atoms. The van der Waals surface area contributed by atoms with Crippen LogP contribution in [0.3, 0.4) is 0 Å². The molecule has 1 heteroatoms. The quantitative estimate of drug-likeness (QED) is 0.503. The Hall–Kier alpha value is -0.590. The van der Waals surface area contributed by atoms with E-state index >= 15 is 0 Å². The van der Waals surface area contributed by atoms with E-state index < -0.39 is 0 Å². The van der Waals surface area contributed by atoms with Crippen LogP contribution in [-0.4, -0.2) is 5.78 Å². The number of rotatable bonds is 0. The van der Waals surface area contributed by atoms with Crippen LogP contribution in [0.4, 0.5) is 0 Å². The van der Waals surface area contributed by atoms with Gasteiger partial charge in [0.15, 0.2) is 5.78 Å². The SMILES string of the molecule is C/C=C1/CC2CC(C1=O)C2(C)C. The fraction of sp³-hybridized carbons (Fsp3) is 0.727. The van der Waals surface area contributed by atoms with Crippen molar-refractivity contribution in [2.75, 3.05) is 0 Å². The summed E-state index contributed by atoms with van der Waals surface area (Å²) in [6.45, 7) is 6.44. The minimum Gasteiger partial charge on any atom is -0.294 e. The molecule has 3 aliphatic carbocycles. The first-order valence-corrected chi connectivity index (χ1v) is 4.76. The molecule has 3 aliphatic rings. The predicted octanol–water partition coefficient (Wildman–Crippen LogP) is 2.57. The van der Waals surface area contributed by atoms with Crippen LogP contribution in [0.25, 0.3) is 0 Å². The van der Waals surface area contributed by atoms with Crippen molar-refractivity contribution in [1.29, 1.82) is 0 Å². The van der Waals surface area contributed by atoms with E-state index in [2.05, 4.69) is 13.8 Å². The number of allylic oxidation sites excluding steroid dienone is 2. The summed E-state index contributed by atoms with van der Waals surface area (Å²) in [6, 6.07) is 0. The monoisotopic (exact) mass is 164 g/mol. The highest BCUT2D eigenvalue weighted by Gasteiger charge is 2.55. The molecule has 1 nitrogen and oxygen atoms in total. The molecule has 0 aromatic carbocycles. The maximum absolute atomic E-state index is 11.7. The van der Waals surface area contributed by atoms with Crippen LogP contribution in [0.2, 0.25) is 0 Å². The lowest BCUT2D eigenvalue weighted by atomic mass is 9.47. The number of carbonyl (C=O) groups is 1. The van der Waals surface area contributed by atoms with Gasteiger partial charge in [-0.3, -0.25) is 4.79 Å². The number of hydrogen-bond donors (Lipinski definition) is 0. The fourth-order valence-electron chi connectivity index (χ4n) is 2.66. The first-order chi connectivity index (χ1) is 5.57. The number of hydrogen-bond acceptors (Lipinski definition) is 1.